The van der Waals surface area contributed by atoms with E-state index in [4.69, 9.17) is 5.53 Å². The molecule has 0 atom stereocenters. The lowest BCUT2D eigenvalue weighted by Gasteiger charge is -1.88. The van der Waals surface area contributed by atoms with E-state index >= 15 is 0 Å². The van der Waals surface area contributed by atoms with Gasteiger partial charge >= 0.3 is 0 Å². The maximum atomic E-state index is 10.4. The number of hydrogen-bond acceptors (Lipinski definition) is 3. The fraction of sp³-hybridized carbons (Fsp3) is 1.00. The minimum absolute atomic E-state index is 0.0674. The summed E-state index contributed by atoms with van der Waals surface area (Å²) in [6.07, 6.45) is 0. The van der Waals surface area contributed by atoms with Crippen molar-refractivity contribution in [3.8, 4) is 0 Å². The average molecular weight is 146 g/mol. The molecular weight excluding hydrogens is 138 g/mol. The summed E-state index contributed by atoms with van der Waals surface area (Å²) in [4.78, 5) is 17.6. The average Bonchev–Trinajstić information content (AvgIpc) is 1.89. The van der Waals surface area contributed by atoms with Crippen molar-refractivity contribution in [3.05, 3.63) is 15.3 Å². The Kier molecular flexibility index (Phi) is 5.03. The molecule has 0 spiro atoms. The first-order valence-electron chi connectivity index (χ1n) is 2.55. The molecule has 0 amide bonds. The van der Waals surface area contributed by atoms with Crippen LogP contribution >= 0.6 is 0 Å². The first kappa shape index (κ1) is 8.67. The molecule has 0 aliphatic heterocycles. The first-order valence-corrected chi connectivity index (χ1v) is 2.55. The maximum Gasteiger partial charge on any atom is 0.233 e. The lowest BCUT2D eigenvalue weighted by Crippen LogP contribution is -2.27. The van der Waals surface area contributed by atoms with Crippen molar-refractivity contribution < 1.29 is 9.71 Å². The second kappa shape index (κ2) is 5.80. The van der Waals surface area contributed by atoms with Gasteiger partial charge in [0.25, 0.3) is 0 Å². The van der Waals surface area contributed by atoms with E-state index < -0.39 is 0 Å². The number of nitrogens with zero attached hydrogens (tertiary/aromatic N) is 4. The Balaban J connectivity index is 3.30. The molecule has 0 aromatic heterocycles. The van der Waals surface area contributed by atoms with E-state index in [1.54, 1.807) is 0 Å². The van der Waals surface area contributed by atoms with Gasteiger partial charge < -0.3 is 0 Å². The number of azide groups is 1. The maximum absolute atomic E-state index is 10.4. The number of rotatable bonds is 5. The Bertz CT molecular complexity index is 151. The van der Waals surface area contributed by atoms with Crippen molar-refractivity contribution >= 4 is 0 Å². The minimum Gasteiger partial charge on any atom is -0.228 e. The van der Waals surface area contributed by atoms with Crippen LogP contribution in [0, 0.1) is 4.91 Å². The fourth-order valence-corrected chi connectivity index (χ4v) is 0.328. The molecule has 0 saturated heterocycles. The van der Waals surface area contributed by atoms with Gasteiger partial charge in [0, 0.05) is 4.91 Å². The number of hydrogen-bond donors (Lipinski definition) is 1. The summed E-state index contributed by atoms with van der Waals surface area (Å²) < 4.78 is 0. The molecule has 7 heteroatoms. The van der Waals surface area contributed by atoms with E-state index in [1.807, 2.05) is 5.59 Å². The van der Waals surface area contributed by atoms with Gasteiger partial charge in [-0.2, -0.15) is 0 Å². The molecule has 1 N–H and O–H groups in total. The predicted octanol–water partition coefficient (Wildman–Crippen LogP) is 0.142. The van der Waals surface area contributed by atoms with E-state index in [2.05, 4.69) is 14.9 Å². The normalized spacial score (nSPS) is 8.10. The minimum atomic E-state index is 0.0674. The van der Waals surface area contributed by atoms with Crippen molar-refractivity contribution in [2.45, 2.75) is 0 Å². The Labute approximate surface area is 57.1 Å². The summed E-state index contributed by atoms with van der Waals surface area (Å²) in [7, 11) is 1.32. The van der Waals surface area contributed by atoms with Gasteiger partial charge in [0.2, 0.25) is 6.54 Å². The fourth-order valence-electron chi connectivity index (χ4n) is 0.328. The van der Waals surface area contributed by atoms with Gasteiger partial charge in [-0.15, -0.1) is 0 Å². The highest BCUT2D eigenvalue weighted by Crippen LogP contribution is 1.72. The quantitative estimate of drug-likeness (QED) is 0.196. The number of hydrazine groups is 1. The van der Waals surface area contributed by atoms with Crippen LogP contribution in [0.4, 0.5) is 0 Å². The van der Waals surface area contributed by atoms with E-state index in [0.717, 1.165) is 0 Å². The van der Waals surface area contributed by atoms with Gasteiger partial charge in [-0.25, -0.2) is 4.84 Å². The summed E-state index contributed by atoms with van der Waals surface area (Å²) >= 11 is 0. The van der Waals surface area contributed by atoms with Crippen molar-refractivity contribution in [3.63, 3.8) is 0 Å². The van der Waals surface area contributed by atoms with Crippen LogP contribution in [0.15, 0.2) is 5.11 Å². The van der Waals surface area contributed by atoms with Gasteiger partial charge in [0.15, 0.2) is 0 Å². The highest BCUT2D eigenvalue weighted by Gasteiger charge is 2.02. The highest BCUT2D eigenvalue weighted by molar-refractivity contribution is 4.41. The van der Waals surface area contributed by atoms with Crippen LogP contribution in [0.2, 0.25) is 0 Å². The molecule has 0 aliphatic rings. The third-order valence-electron chi connectivity index (χ3n) is 0.659. The monoisotopic (exact) mass is 146 g/mol. The van der Waals surface area contributed by atoms with E-state index in [1.165, 1.54) is 7.11 Å². The van der Waals surface area contributed by atoms with Crippen LogP contribution in [0.5, 0.6) is 0 Å². The molecule has 0 aromatic rings. The van der Waals surface area contributed by atoms with Gasteiger partial charge in [0.05, 0.1) is 18.6 Å². The number of nitrogens with one attached hydrogen (secondary N) is 1. The zero-order chi connectivity index (χ0) is 7.82. The van der Waals surface area contributed by atoms with Crippen molar-refractivity contribution in [2.75, 3.05) is 20.2 Å². The number of nitroso groups, excluding NO2 is 1. The Hall–Kier alpha value is -1.33. The van der Waals surface area contributed by atoms with E-state index in [-0.39, 0.29) is 13.1 Å². The molecule has 0 aliphatic carbocycles. The molecule has 56 valence electrons. The second-order valence-corrected chi connectivity index (χ2v) is 1.35. The first-order chi connectivity index (χ1) is 4.81. The summed E-state index contributed by atoms with van der Waals surface area (Å²) in [6.45, 7) is 0.189. The molecule has 0 aromatic carbocycles. The molecule has 0 fully saturated rings. The molecular formula is C3H8N5O2+. The standard InChI is InChI=1S/C3H8N5O2/c1-10-7-8(9)3-2-5-6-4/h2-3H2,1H3,(H,7,9)/q+1. The van der Waals surface area contributed by atoms with Crippen LogP contribution < -0.4 is 5.59 Å². The summed E-state index contributed by atoms with van der Waals surface area (Å²) in [5.41, 5.74) is 9.79. The Morgan fingerprint density at radius 3 is 3.10 bits per heavy atom. The van der Waals surface area contributed by atoms with Gasteiger partial charge in [-0.3, -0.25) is 0 Å². The molecule has 0 heterocycles. The van der Waals surface area contributed by atoms with Crippen LogP contribution in [-0.2, 0) is 4.84 Å². The van der Waals surface area contributed by atoms with Crippen LogP contribution in [0.1, 0.15) is 0 Å². The lowest BCUT2D eigenvalue weighted by atomic mass is 10.7. The zero-order valence-electron chi connectivity index (χ0n) is 5.52. The summed E-state index contributed by atoms with van der Waals surface area (Å²) in [5, 5.41) is 3.14. The lowest BCUT2D eigenvalue weighted by molar-refractivity contribution is -0.655. The van der Waals surface area contributed by atoms with Crippen LogP contribution in [0.3, 0.4) is 0 Å². The smallest absolute Gasteiger partial charge is 0.228 e. The summed E-state index contributed by atoms with van der Waals surface area (Å²) in [6, 6.07) is 0. The third kappa shape index (κ3) is 4.82. The van der Waals surface area contributed by atoms with Crippen molar-refractivity contribution in [1.82, 2.24) is 5.59 Å². The molecule has 0 radical (unpaired) electrons. The Morgan fingerprint density at radius 2 is 2.60 bits per heavy atom. The second-order valence-electron chi connectivity index (χ2n) is 1.35. The molecule has 0 bridgehead atoms. The Morgan fingerprint density at radius 1 is 1.90 bits per heavy atom. The molecule has 0 unspecified atom stereocenters. The molecule has 0 rings (SSSR count). The molecule has 0 saturated carbocycles. The summed E-state index contributed by atoms with van der Waals surface area (Å²) in [5.74, 6) is 0. The van der Waals surface area contributed by atoms with Gasteiger partial charge in [-0.05, 0) is 11.1 Å². The highest BCUT2D eigenvalue weighted by atomic mass is 16.7. The zero-order valence-corrected chi connectivity index (χ0v) is 5.52. The third-order valence-corrected chi connectivity index (χ3v) is 0.659. The predicted molar refractivity (Wildman–Crippen MR) is 32.7 cm³/mol. The van der Waals surface area contributed by atoms with Crippen LogP contribution in [-0.4, -0.2) is 25.1 Å². The SMILES string of the molecule is CON[N+](=O)CCN=[N+]=[N-]. The van der Waals surface area contributed by atoms with Gasteiger partial charge in [-0.1, -0.05) is 5.11 Å². The van der Waals surface area contributed by atoms with E-state index in [9.17, 15) is 4.91 Å². The van der Waals surface area contributed by atoms with Crippen molar-refractivity contribution in [2.24, 2.45) is 5.11 Å². The van der Waals surface area contributed by atoms with Crippen molar-refractivity contribution in [1.29, 1.82) is 0 Å². The van der Waals surface area contributed by atoms with E-state index in [0.29, 0.717) is 4.87 Å². The molecule has 10 heavy (non-hydrogen) atoms. The topological polar surface area (TPSA) is 90.1 Å². The largest absolute Gasteiger partial charge is 0.233 e. The molecule has 7 nitrogen and oxygen atoms in total. The van der Waals surface area contributed by atoms with Crippen LogP contribution in [0.25, 0.3) is 10.4 Å². The van der Waals surface area contributed by atoms with Gasteiger partial charge in [0.1, 0.15) is 4.87 Å².